The van der Waals surface area contributed by atoms with Crippen molar-refractivity contribution in [2.75, 3.05) is 0 Å². The van der Waals surface area contributed by atoms with E-state index >= 15 is 0 Å². The smallest absolute Gasteiger partial charge is 0.253 e. The lowest BCUT2D eigenvalue weighted by Crippen LogP contribution is -2.09. The van der Waals surface area contributed by atoms with Gasteiger partial charge in [-0.3, -0.25) is 9.78 Å². The molecule has 0 saturated heterocycles. The average molecular weight is 127 g/mol. The van der Waals surface area contributed by atoms with Gasteiger partial charge in [-0.1, -0.05) is 0 Å². The summed E-state index contributed by atoms with van der Waals surface area (Å²) in [6.45, 7) is 1.62. The highest BCUT2D eigenvalue weighted by atomic mass is 19.1. The maximum absolute atomic E-state index is 12.1. The van der Waals surface area contributed by atoms with Gasteiger partial charge in [-0.25, -0.2) is 0 Å². The van der Waals surface area contributed by atoms with Crippen molar-refractivity contribution < 1.29 is 4.39 Å². The van der Waals surface area contributed by atoms with Gasteiger partial charge < -0.3 is 0 Å². The standard InChI is InChI=1S/C6H6FNO/c1-4-2-3-5(7)8-6(4)9/h2-3H,1H3,(H,8,9). The lowest BCUT2D eigenvalue weighted by atomic mass is 10.3. The van der Waals surface area contributed by atoms with Crippen molar-refractivity contribution in [1.82, 2.24) is 4.98 Å². The lowest BCUT2D eigenvalue weighted by Gasteiger charge is -1.87. The van der Waals surface area contributed by atoms with E-state index in [1.165, 1.54) is 12.1 Å². The highest BCUT2D eigenvalue weighted by Crippen LogP contribution is 1.88. The van der Waals surface area contributed by atoms with Crippen molar-refractivity contribution in [3.05, 3.63) is 34.0 Å². The van der Waals surface area contributed by atoms with Crippen molar-refractivity contribution in [2.45, 2.75) is 6.92 Å². The minimum atomic E-state index is -0.592. The zero-order valence-corrected chi connectivity index (χ0v) is 4.94. The van der Waals surface area contributed by atoms with Gasteiger partial charge in [0.25, 0.3) is 5.56 Å². The van der Waals surface area contributed by atoms with Gasteiger partial charge in [-0.2, -0.15) is 4.39 Å². The average Bonchev–Trinajstić information content (AvgIpc) is 1.80. The number of aromatic nitrogens is 1. The molecule has 0 unspecified atom stereocenters. The molecule has 1 rings (SSSR count). The minimum Gasteiger partial charge on any atom is -0.299 e. The van der Waals surface area contributed by atoms with Crippen molar-refractivity contribution in [1.29, 1.82) is 0 Å². The Balaban J connectivity index is 3.34. The maximum atomic E-state index is 12.1. The first-order valence-corrected chi connectivity index (χ1v) is 2.55. The number of nitrogens with one attached hydrogen (secondary N) is 1. The Morgan fingerprint density at radius 2 is 2.22 bits per heavy atom. The molecule has 0 atom stereocenters. The Bertz CT molecular complexity index is 266. The second-order valence-electron chi connectivity index (χ2n) is 1.82. The summed E-state index contributed by atoms with van der Waals surface area (Å²) in [5.41, 5.74) is 0.159. The molecular formula is C6H6FNO. The zero-order valence-electron chi connectivity index (χ0n) is 4.94. The summed E-state index contributed by atoms with van der Waals surface area (Å²) in [5.74, 6) is -0.592. The normalized spacial score (nSPS) is 9.56. The minimum absolute atomic E-state index is 0.366. The van der Waals surface area contributed by atoms with Gasteiger partial charge in [0.15, 0.2) is 5.95 Å². The number of aromatic amines is 1. The quantitative estimate of drug-likeness (QED) is 0.514. The Kier molecular flexibility index (Phi) is 1.34. The molecule has 1 N–H and O–H groups in total. The molecule has 0 spiro atoms. The van der Waals surface area contributed by atoms with Crippen molar-refractivity contribution >= 4 is 0 Å². The largest absolute Gasteiger partial charge is 0.299 e. The first kappa shape index (κ1) is 6.01. The van der Waals surface area contributed by atoms with Gasteiger partial charge in [0.2, 0.25) is 0 Å². The van der Waals surface area contributed by atoms with Crippen LogP contribution in [0.5, 0.6) is 0 Å². The van der Waals surface area contributed by atoms with E-state index in [1.54, 1.807) is 6.92 Å². The van der Waals surface area contributed by atoms with Crippen LogP contribution in [-0.2, 0) is 0 Å². The molecule has 0 saturated carbocycles. The second-order valence-corrected chi connectivity index (χ2v) is 1.82. The van der Waals surface area contributed by atoms with Gasteiger partial charge in [0.1, 0.15) is 0 Å². The molecule has 0 radical (unpaired) electrons. The molecule has 9 heavy (non-hydrogen) atoms. The van der Waals surface area contributed by atoms with Crippen molar-refractivity contribution in [3.8, 4) is 0 Å². The topological polar surface area (TPSA) is 32.9 Å². The van der Waals surface area contributed by atoms with Crippen LogP contribution in [0.1, 0.15) is 5.56 Å². The van der Waals surface area contributed by atoms with E-state index in [9.17, 15) is 9.18 Å². The summed E-state index contributed by atoms with van der Waals surface area (Å²) in [5, 5.41) is 0. The van der Waals surface area contributed by atoms with Gasteiger partial charge in [-0.15, -0.1) is 0 Å². The predicted molar refractivity (Wildman–Crippen MR) is 31.8 cm³/mol. The SMILES string of the molecule is Cc1ccc(F)[nH]c1=O. The molecule has 3 heteroatoms. The molecule has 0 aliphatic rings. The van der Waals surface area contributed by atoms with Crippen LogP contribution < -0.4 is 5.56 Å². The highest BCUT2D eigenvalue weighted by molar-refractivity contribution is 5.06. The van der Waals surface area contributed by atoms with E-state index in [0.29, 0.717) is 5.56 Å². The monoisotopic (exact) mass is 127 g/mol. The highest BCUT2D eigenvalue weighted by Gasteiger charge is 1.91. The number of aryl methyl sites for hydroxylation is 1. The molecule has 0 aliphatic carbocycles. The molecule has 0 fully saturated rings. The fourth-order valence-electron chi connectivity index (χ4n) is 0.523. The summed E-state index contributed by atoms with van der Waals surface area (Å²) in [7, 11) is 0. The first-order valence-electron chi connectivity index (χ1n) is 2.55. The van der Waals surface area contributed by atoms with Gasteiger partial charge in [-0.05, 0) is 19.1 Å². The molecule has 2 nitrogen and oxygen atoms in total. The molecule has 0 aromatic carbocycles. The third kappa shape index (κ3) is 1.16. The Morgan fingerprint density at radius 1 is 1.56 bits per heavy atom. The van der Waals surface area contributed by atoms with Crippen LogP contribution in [0.4, 0.5) is 4.39 Å². The van der Waals surface area contributed by atoms with E-state index in [2.05, 4.69) is 0 Å². The van der Waals surface area contributed by atoms with Crippen LogP contribution in [-0.4, -0.2) is 4.98 Å². The maximum Gasteiger partial charge on any atom is 0.253 e. The van der Waals surface area contributed by atoms with Crippen LogP contribution in [0.15, 0.2) is 16.9 Å². The first-order chi connectivity index (χ1) is 4.20. The molecule has 0 aliphatic heterocycles. The Labute approximate surface area is 51.3 Å². The van der Waals surface area contributed by atoms with Gasteiger partial charge in [0, 0.05) is 5.56 Å². The number of pyridine rings is 1. The Morgan fingerprint density at radius 3 is 2.67 bits per heavy atom. The third-order valence-electron chi connectivity index (χ3n) is 1.07. The van der Waals surface area contributed by atoms with Crippen molar-refractivity contribution in [2.24, 2.45) is 0 Å². The summed E-state index contributed by atoms with van der Waals surface area (Å²) in [4.78, 5) is 12.6. The summed E-state index contributed by atoms with van der Waals surface area (Å²) in [6, 6.07) is 2.66. The van der Waals surface area contributed by atoms with Crippen LogP contribution in [0.25, 0.3) is 0 Å². The summed E-state index contributed by atoms with van der Waals surface area (Å²) in [6.07, 6.45) is 0. The second kappa shape index (κ2) is 2.01. The van der Waals surface area contributed by atoms with Gasteiger partial charge in [0.05, 0.1) is 0 Å². The molecule has 0 bridgehead atoms. The number of hydrogen-bond acceptors (Lipinski definition) is 1. The van der Waals surface area contributed by atoms with Crippen LogP contribution >= 0.6 is 0 Å². The van der Waals surface area contributed by atoms with Crippen molar-refractivity contribution in [3.63, 3.8) is 0 Å². The van der Waals surface area contributed by atoms with E-state index in [-0.39, 0.29) is 5.56 Å². The molecule has 1 aromatic rings. The third-order valence-corrected chi connectivity index (χ3v) is 1.07. The fourth-order valence-corrected chi connectivity index (χ4v) is 0.523. The number of halogens is 1. The molecule has 1 heterocycles. The van der Waals surface area contributed by atoms with E-state index in [4.69, 9.17) is 0 Å². The molecule has 0 amide bonds. The number of H-pyrrole nitrogens is 1. The van der Waals surface area contributed by atoms with Crippen LogP contribution in [0, 0.1) is 12.9 Å². The van der Waals surface area contributed by atoms with E-state index in [1.807, 2.05) is 4.98 Å². The van der Waals surface area contributed by atoms with E-state index in [0.717, 1.165) is 0 Å². The molecular weight excluding hydrogens is 121 g/mol. The van der Waals surface area contributed by atoms with Gasteiger partial charge >= 0.3 is 0 Å². The molecule has 48 valence electrons. The summed E-state index contributed by atoms with van der Waals surface area (Å²) >= 11 is 0. The number of rotatable bonds is 0. The summed E-state index contributed by atoms with van der Waals surface area (Å²) < 4.78 is 12.1. The van der Waals surface area contributed by atoms with Crippen LogP contribution in [0.2, 0.25) is 0 Å². The lowest BCUT2D eigenvalue weighted by molar-refractivity contribution is 0.578. The zero-order chi connectivity index (χ0) is 6.85. The molecule has 1 aromatic heterocycles. The fraction of sp³-hybridized carbons (Fsp3) is 0.167. The number of hydrogen-bond donors (Lipinski definition) is 1. The van der Waals surface area contributed by atoms with E-state index < -0.39 is 5.95 Å². The van der Waals surface area contributed by atoms with Crippen LogP contribution in [0.3, 0.4) is 0 Å². The predicted octanol–water partition coefficient (Wildman–Crippen LogP) is 0.822. The Hall–Kier alpha value is -1.12.